The maximum Gasteiger partial charge on any atom is 0.244 e. The van der Waals surface area contributed by atoms with E-state index in [0.29, 0.717) is 19.4 Å². The average Bonchev–Trinajstić information content (AvgIpc) is 2.90. The molecular formula is C12H23N5O3S. The van der Waals surface area contributed by atoms with Gasteiger partial charge in [-0.05, 0) is 12.8 Å². The van der Waals surface area contributed by atoms with Crippen LogP contribution in [0.1, 0.15) is 26.7 Å². The molecule has 8 nitrogen and oxygen atoms in total. The molecule has 1 rings (SSSR count). The van der Waals surface area contributed by atoms with E-state index in [4.69, 9.17) is 5.73 Å². The average molecular weight is 317 g/mol. The number of nitrogens with one attached hydrogen (secondary N) is 2. The Morgan fingerprint density at radius 3 is 2.48 bits per heavy atom. The van der Waals surface area contributed by atoms with E-state index in [1.54, 1.807) is 7.05 Å². The number of carbonyl (C=O) groups excluding carboxylic acids is 1. The summed E-state index contributed by atoms with van der Waals surface area (Å²) in [5, 5.41) is 6.59. The molecule has 1 heterocycles. The highest BCUT2D eigenvalue weighted by atomic mass is 32.2. The molecule has 0 unspecified atom stereocenters. The minimum absolute atomic E-state index is 0.0221. The molecule has 0 saturated carbocycles. The lowest BCUT2D eigenvalue weighted by atomic mass is 9.93. The van der Waals surface area contributed by atoms with Crippen LogP contribution in [0, 0.1) is 0 Å². The maximum atomic E-state index is 12.0. The second-order valence-corrected chi connectivity index (χ2v) is 6.68. The van der Waals surface area contributed by atoms with Crippen molar-refractivity contribution in [1.29, 1.82) is 0 Å². The van der Waals surface area contributed by atoms with Crippen molar-refractivity contribution in [2.45, 2.75) is 37.1 Å². The van der Waals surface area contributed by atoms with E-state index in [1.165, 1.54) is 17.1 Å². The maximum absolute atomic E-state index is 12.0. The van der Waals surface area contributed by atoms with Gasteiger partial charge < -0.3 is 11.1 Å². The van der Waals surface area contributed by atoms with Gasteiger partial charge in [-0.3, -0.25) is 9.48 Å². The summed E-state index contributed by atoms with van der Waals surface area (Å²) < 4.78 is 27.5. The Hall–Kier alpha value is -1.45. The number of nitrogens with two attached hydrogens (primary N) is 1. The highest BCUT2D eigenvalue weighted by Gasteiger charge is 2.27. The fraction of sp³-hybridized carbons (Fsp3) is 0.667. The number of aryl methyl sites for hydroxylation is 1. The van der Waals surface area contributed by atoms with E-state index in [0.717, 1.165) is 0 Å². The number of amides is 1. The fourth-order valence-corrected chi connectivity index (χ4v) is 2.85. The Morgan fingerprint density at radius 1 is 1.43 bits per heavy atom. The predicted octanol–water partition coefficient (Wildman–Crippen LogP) is -0.668. The SMILES string of the molecule is CCC(CC)(CN)NC(=O)CNS(=O)(=O)c1cnn(C)c1. The molecule has 1 aromatic heterocycles. The quantitative estimate of drug-likeness (QED) is 0.587. The van der Waals surface area contributed by atoms with Gasteiger partial charge in [-0.25, -0.2) is 13.1 Å². The van der Waals surface area contributed by atoms with Crippen LogP contribution in [0.25, 0.3) is 0 Å². The highest BCUT2D eigenvalue weighted by Crippen LogP contribution is 2.12. The molecule has 0 bridgehead atoms. The Kier molecular flexibility index (Phi) is 5.87. The lowest BCUT2D eigenvalue weighted by Crippen LogP contribution is -2.55. The van der Waals surface area contributed by atoms with Gasteiger partial charge in [-0.15, -0.1) is 0 Å². The fourth-order valence-electron chi connectivity index (χ4n) is 1.89. The molecule has 0 radical (unpaired) electrons. The first-order valence-corrected chi connectivity index (χ1v) is 8.26. The van der Waals surface area contributed by atoms with E-state index >= 15 is 0 Å². The van der Waals surface area contributed by atoms with Gasteiger partial charge in [0.15, 0.2) is 0 Å². The van der Waals surface area contributed by atoms with Crippen LogP contribution >= 0.6 is 0 Å². The smallest absolute Gasteiger partial charge is 0.244 e. The standard InChI is InChI=1S/C12H23N5O3S/c1-4-12(5-2,9-13)16-11(18)7-15-21(19,20)10-6-14-17(3)8-10/h6,8,15H,4-5,7,9,13H2,1-3H3,(H,16,18). The summed E-state index contributed by atoms with van der Waals surface area (Å²) in [6.45, 7) is 3.83. The van der Waals surface area contributed by atoms with Crippen LogP contribution in [-0.2, 0) is 21.9 Å². The Labute approximate surface area is 125 Å². The molecule has 1 aromatic rings. The van der Waals surface area contributed by atoms with Crippen LogP contribution in [-0.4, -0.2) is 42.7 Å². The number of hydrogen-bond donors (Lipinski definition) is 3. The lowest BCUT2D eigenvalue weighted by Gasteiger charge is -2.31. The largest absolute Gasteiger partial charge is 0.348 e. The van der Waals surface area contributed by atoms with Crippen molar-refractivity contribution in [3.05, 3.63) is 12.4 Å². The summed E-state index contributed by atoms with van der Waals surface area (Å²) in [6.07, 6.45) is 3.95. The minimum Gasteiger partial charge on any atom is -0.348 e. The second-order valence-electron chi connectivity index (χ2n) is 4.91. The first kappa shape index (κ1) is 17.6. The first-order chi connectivity index (χ1) is 9.78. The van der Waals surface area contributed by atoms with Crippen LogP contribution in [0.4, 0.5) is 0 Å². The van der Waals surface area contributed by atoms with Gasteiger partial charge in [0.05, 0.1) is 18.3 Å². The molecule has 21 heavy (non-hydrogen) atoms. The number of carbonyl (C=O) groups is 1. The van der Waals surface area contributed by atoms with Crippen LogP contribution in [0.2, 0.25) is 0 Å². The van der Waals surface area contributed by atoms with Crippen LogP contribution in [0.3, 0.4) is 0 Å². The monoisotopic (exact) mass is 317 g/mol. The molecule has 1 amide bonds. The van der Waals surface area contributed by atoms with Gasteiger partial charge in [-0.2, -0.15) is 5.10 Å². The van der Waals surface area contributed by atoms with Gasteiger partial charge in [-0.1, -0.05) is 13.8 Å². The van der Waals surface area contributed by atoms with Gasteiger partial charge in [0, 0.05) is 19.8 Å². The summed E-state index contributed by atoms with van der Waals surface area (Å²) in [5.41, 5.74) is 5.20. The molecule has 0 atom stereocenters. The van der Waals surface area contributed by atoms with Gasteiger partial charge >= 0.3 is 0 Å². The van der Waals surface area contributed by atoms with E-state index in [1.807, 2.05) is 13.8 Å². The zero-order chi connectivity index (χ0) is 16.1. The minimum atomic E-state index is -3.74. The molecule has 120 valence electrons. The van der Waals surface area contributed by atoms with Crippen LogP contribution in [0.15, 0.2) is 17.3 Å². The Morgan fingerprint density at radius 2 is 2.05 bits per heavy atom. The molecule has 0 spiro atoms. The number of sulfonamides is 1. The molecule has 9 heteroatoms. The molecular weight excluding hydrogens is 294 g/mol. The Bertz CT molecular complexity index is 569. The summed E-state index contributed by atoms with van der Waals surface area (Å²) in [6, 6.07) is 0. The van der Waals surface area contributed by atoms with Crippen molar-refractivity contribution < 1.29 is 13.2 Å². The van der Waals surface area contributed by atoms with Crippen molar-refractivity contribution in [2.75, 3.05) is 13.1 Å². The van der Waals surface area contributed by atoms with Crippen molar-refractivity contribution in [1.82, 2.24) is 19.8 Å². The van der Waals surface area contributed by atoms with Gasteiger partial charge in [0.25, 0.3) is 0 Å². The Balaban J connectivity index is 2.64. The molecule has 4 N–H and O–H groups in total. The third-order valence-corrected chi connectivity index (χ3v) is 4.92. The predicted molar refractivity (Wildman–Crippen MR) is 78.9 cm³/mol. The number of aromatic nitrogens is 2. The second kappa shape index (κ2) is 7.01. The number of rotatable bonds is 8. The van der Waals surface area contributed by atoms with E-state index < -0.39 is 21.5 Å². The van der Waals surface area contributed by atoms with Crippen molar-refractivity contribution >= 4 is 15.9 Å². The highest BCUT2D eigenvalue weighted by molar-refractivity contribution is 7.89. The summed E-state index contributed by atoms with van der Waals surface area (Å²) in [7, 11) is -2.12. The van der Waals surface area contributed by atoms with Gasteiger partial charge in [0.1, 0.15) is 4.90 Å². The summed E-state index contributed by atoms with van der Waals surface area (Å²) in [4.78, 5) is 11.9. The van der Waals surface area contributed by atoms with E-state index in [-0.39, 0.29) is 11.4 Å². The molecule has 0 fully saturated rings. The van der Waals surface area contributed by atoms with Gasteiger partial charge in [0.2, 0.25) is 15.9 Å². The van der Waals surface area contributed by atoms with Crippen LogP contribution in [0.5, 0.6) is 0 Å². The zero-order valence-electron chi connectivity index (χ0n) is 12.6. The van der Waals surface area contributed by atoms with Crippen molar-refractivity contribution in [3.63, 3.8) is 0 Å². The molecule has 0 saturated heterocycles. The lowest BCUT2D eigenvalue weighted by molar-refractivity contribution is -0.121. The summed E-state index contributed by atoms with van der Waals surface area (Å²) in [5.74, 6) is -0.406. The van der Waals surface area contributed by atoms with Crippen molar-refractivity contribution in [3.8, 4) is 0 Å². The third-order valence-electron chi connectivity index (χ3n) is 3.56. The topological polar surface area (TPSA) is 119 Å². The van der Waals surface area contributed by atoms with Crippen molar-refractivity contribution in [2.24, 2.45) is 12.8 Å². The van der Waals surface area contributed by atoms with E-state index in [9.17, 15) is 13.2 Å². The normalized spacial score (nSPS) is 12.4. The number of nitrogens with zero attached hydrogens (tertiary/aromatic N) is 2. The zero-order valence-corrected chi connectivity index (χ0v) is 13.4. The molecule has 0 aliphatic rings. The molecule has 0 aliphatic carbocycles. The summed E-state index contributed by atoms with van der Waals surface area (Å²) >= 11 is 0. The number of hydrogen-bond acceptors (Lipinski definition) is 5. The first-order valence-electron chi connectivity index (χ1n) is 6.78. The van der Waals surface area contributed by atoms with E-state index in [2.05, 4.69) is 15.1 Å². The van der Waals surface area contributed by atoms with Crippen LogP contribution < -0.4 is 15.8 Å². The molecule has 0 aliphatic heterocycles. The third kappa shape index (κ3) is 4.51. The molecule has 0 aromatic carbocycles.